The molecular weight excluding hydrogens is 294 g/mol. The number of hydrogen-bond acceptors (Lipinski definition) is 5. The number of rotatable bonds is 6. The first-order valence-corrected chi connectivity index (χ1v) is 8.03. The van der Waals surface area contributed by atoms with E-state index in [9.17, 15) is 18.3 Å². The van der Waals surface area contributed by atoms with E-state index in [-0.39, 0.29) is 11.5 Å². The normalized spacial score (nSPS) is 14.8. The smallest absolute Gasteiger partial charge is 0.335 e. The average molecular weight is 315 g/mol. The Morgan fingerprint density at radius 3 is 2.24 bits per heavy atom. The number of aliphatic hydroxyl groups excluding tert-OH is 1. The maximum Gasteiger partial charge on any atom is 0.335 e. The molecule has 0 saturated heterocycles. The van der Waals surface area contributed by atoms with Gasteiger partial charge in [-0.2, -0.15) is 0 Å². The molecule has 21 heavy (non-hydrogen) atoms. The summed E-state index contributed by atoms with van der Waals surface area (Å²) in [6.07, 6.45) is -1.28. The lowest BCUT2D eigenvalue weighted by Crippen LogP contribution is -2.28. The van der Waals surface area contributed by atoms with Gasteiger partial charge in [-0.3, -0.25) is 0 Å². The van der Waals surface area contributed by atoms with Crippen molar-refractivity contribution < 1.29 is 23.1 Å². The van der Waals surface area contributed by atoms with E-state index in [0.717, 1.165) is 4.31 Å². The van der Waals surface area contributed by atoms with Crippen molar-refractivity contribution in [1.82, 2.24) is 4.31 Å². The molecule has 1 aromatic carbocycles. The lowest BCUT2D eigenvalue weighted by atomic mass is 9.95. The zero-order valence-corrected chi connectivity index (χ0v) is 13.4. The van der Waals surface area contributed by atoms with Gasteiger partial charge in [0, 0.05) is 20.0 Å². The van der Waals surface area contributed by atoms with Gasteiger partial charge in [0.05, 0.1) is 11.5 Å². The molecular formula is C14H21NO5S. The van der Waals surface area contributed by atoms with Crippen LogP contribution in [0.25, 0.3) is 0 Å². The summed E-state index contributed by atoms with van der Waals surface area (Å²) < 4.78 is 29.8. The molecule has 0 fully saturated rings. The fourth-order valence-corrected chi connectivity index (χ4v) is 2.67. The van der Waals surface area contributed by atoms with Crippen LogP contribution in [0.1, 0.15) is 25.3 Å². The molecule has 0 bridgehead atoms. The Balaban J connectivity index is 2.95. The maximum atomic E-state index is 11.9. The summed E-state index contributed by atoms with van der Waals surface area (Å²) in [6.45, 7) is 3.54. The first-order valence-electron chi connectivity index (χ1n) is 6.59. The summed E-state index contributed by atoms with van der Waals surface area (Å²) in [5.74, 6) is -1.17. The van der Waals surface area contributed by atoms with Crippen LogP contribution in [-0.4, -0.2) is 50.6 Å². The highest BCUT2D eigenvalue weighted by Crippen LogP contribution is 2.22. The van der Waals surface area contributed by atoms with Crippen LogP contribution in [0.3, 0.4) is 0 Å². The highest BCUT2D eigenvalue weighted by Gasteiger charge is 2.25. The van der Waals surface area contributed by atoms with Gasteiger partial charge in [0.1, 0.15) is 0 Å². The van der Waals surface area contributed by atoms with Gasteiger partial charge in [0.25, 0.3) is 0 Å². The van der Waals surface area contributed by atoms with Crippen molar-refractivity contribution in [2.45, 2.75) is 30.8 Å². The van der Waals surface area contributed by atoms with E-state index in [1.54, 1.807) is 26.0 Å². The van der Waals surface area contributed by atoms with E-state index in [2.05, 4.69) is 0 Å². The molecule has 0 aromatic heterocycles. The van der Waals surface area contributed by atoms with Crippen molar-refractivity contribution in [3.05, 3.63) is 29.8 Å². The lowest BCUT2D eigenvalue weighted by molar-refractivity contribution is -0.154. The van der Waals surface area contributed by atoms with E-state index in [4.69, 9.17) is 4.74 Å². The number of hydrogen-bond donors (Lipinski definition) is 1. The zero-order valence-electron chi connectivity index (χ0n) is 12.6. The Morgan fingerprint density at radius 1 is 1.29 bits per heavy atom. The first kappa shape index (κ1) is 17.6. The molecule has 1 aromatic rings. The standard InChI is InChI=1S/C14H21NO5S/c1-5-20-14(17)13(16)10(2)11-6-8-12(9-7-11)21(18,19)15(3)4/h6-10,13,16H,5H2,1-4H3. The minimum Gasteiger partial charge on any atom is -0.464 e. The van der Waals surface area contributed by atoms with E-state index >= 15 is 0 Å². The second kappa shape index (κ2) is 7.02. The molecule has 6 nitrogen and oxygen atoms in total. The molecule has 0 aliphatic heterocycles. The summed E-state index contributed by atoms with van der Waals surface area (Å²) in [5.41, 5.74) is 0.660. The number of carbonyl (C=O) groups is 1. The predicted octanol–water partition coefficient (Wildman–Crippen LogP) is 0.964. The number of carbonyl (C=O) groups excluding carboxylic acids is 1. The molecule has 0 heterocycles. The van der Waals surface area contributed by atoms with Crippen LogP contribution >= 0.6 is 0 Å². The number of aliphatic hydroxyl groups is 1. The number of ether oxygens (including phenoxy) is 1. The lowest BCUT2D eigenvalue weighted by Gasteiger charge is -2.18. The number of benzene rings is 1. The van der Waals surface area contributed by atoms with Gasteiger partial charge < -0.3 is 9.84 Å². The van der Waals surface area contributed by atoms with Crippen molar-refractivity contribution in [3.63, 3.8) is 0 Å². The molecule has 0 spiro atoms. The zero-order chi connectivity index (χ0) is 16.2. The number of sulfonamides is 1. The molecule has 0 aliphatic carbocycles. The largest absolute Gasteiger partial charge is 0.464 e. The van der Waals surface area contributed by atoms with E-state index in [1.165, 1.54) is 26.2 Å². The van der Waals surface area contributed by atoms with Gasteiger partial charge in [-0.1, -0.05) is 19.1 Å². The molecule has 7 heteroatoms. The summed E-state index contributed by atoms with van der Waals surface area (Å²) in [4.78, 5) is 11.7. The minimum absolute atomic E-state index is 0.161. The number of esters is 1. The van der Waals surface area contributed by atoms with Gasteiger partial charge in [-0.25, -0.2) is 17.5 Å². The third kappa shape index (κ3) is 4.03. The monoisotopic (exact) mass is 315 g/mol. The van der Waals surface area contributed by atoms with Crippen LogP contribution in [0.4, 0.5) is 0 Å². The molecule has 1 rings (SSSR count). The fraction of sp³-hybridized carbons (Fsp3) is 0.500. The van der Waals surface area contributed by atoms with Gasteiger partial charge in [-0.15, -0.1) is 0 Å². The molecule has 0 amide bonds. The predicted molar refractivity (Wildman–Crippen MR) is 78.4 cm³/mol. The van der Waals surface area contributed by atoms with Gasteiger partial charge in [-0.05, 0) is 24.6 Å². The van der Waals surface area contributed by atoms with Crippen LogP contribution < -0.4 is 0 Å². The van der Waals surface area contributed by atoms with Crippen LogP contribution in [0.5, 0.6) is 0 Å². The molecule has 0 radical (unpaired) electrons. The SMILES string of the molecule is CCOC(=O)C(O)C(C)c1ccc(S(=O)(=O)N(C)C)cc1. The Labute approximate surface area is 125 Å². The summed E-state index contributed by atoms with van der Waals surface area (Å²) in [5, 5.41) is 9.89. The number of nitrogens with zero attached hydrogens (tertiary/aromatic N) is 1. The highest BCUT2D eigenvalue weighted by atomic mass is 32.2. The van der Waals surface area contributed by atoms with Crippen LogP contribution in [0, 0.1) is 0 Å². The second-order valence-electron chi connectivity index (χ2n) is 4.84. The van der Waals surface area contributed by atoms with Gasteiger partial charge in [0.2, 0.25) is 10.0 Å². The Morgan fingerprint density at radius 2 is 1.81 bits per heavy atom. The van der Waals surface area contributed by atoms with Crippen molar-refractivity contribution in [1.29, 1.82) is 0 Å². The van der Waals surface area contributed by atoms with Crippen molar-refractivity contribution in [3.8, 4) is 0 Å². The topological polar surface area (TPSA) is 83.9 Å². The molecule has 2 atom stereocenters. The quantitative estimate of drug-likeness (QED) is 0.791. The summed E-state index contributed by atoms with van der Waals surface area (Å²) >= 11 is 0. The average Bonchev–Trinajstić information content (AvgIpc) is 2.45. The highest BCUT2D eigenvalue weighted by molar-refractivity contribution is 7.89. The van der Waals surface area contributed by atoms with Crippen molar-refractivity contribution >= 4 is 16.0 Å². The molecule has 0 saturated carbocycles. The fourth-order valence-electron chi connectivity index (χ4n) is 1.77. The Bertz CT molecular complexity index is 580. The third-order valence-electron chi connectivity index (χ3n) is 3.19. The third-order valence-corrected chi connectivity index (χ3v) is 5.02. The van der Waals surface area contributed by atoms with Crippen LogP contribution in [0.2, 0.25) is 0 Å². The van der Waals surface area contributed by atoms with Crippen molar-refractivity contribution in [2.24, 2.45) is 0 Å². The maximum absolute atomic E-state index is 11.9. The van der Waals surface area contributed by atoms with E-state index < -0.39 is 28.0 Å². The Hall–Kier alpha value is -1.44. The van der Waals surface area contributed by atoms with Crippen LogP contribution in [0.15, 0.2) is 29.2 Å². The van der Waals surface area contributed by atoms with Crippen LogP contribution in [-0.2, 0) is 19.6 Å². The van der Waals surface area contributed by atoms with E-state index in [1.807, 2.05) is 0 Å². The Kier molecular flexibility index (Phi) is 5.88. The molecule has 118 valence electrons. The summed E-state index contributed by atoms with van der Waals surface area (Å²) in [6, 6.07) is 6.09. The molecule has 0 aliphatic rings. The molecule has 2 unspecified atom stereocenters. The van der Waals surface area contributed by atoms with Gasteiger partial charge >= 0.3 is 5.97 Å². The molecule has 1 N–H and O–H groups in total. The second-order valence-corrected chi connectivity index (χ2v) is 6.99. The minimum atomic E-state index is -3.49. The summed E-state index contributed by atoms with van der Waals surface area (Å²) in [7, 11) is -0.576. The first-order chi connectivity index (χ1) is 9.71. The van der Waals surface area contributed by atoms with Gasteiger partial charge in [0.15, 0.2) is 6.10 Å². The van der Waals surface area contributed by atoms with Crippen molar-refractivity contribution in [2.75, 3.05) is 20.7 Å². The van der Waals surface area contributed by atoms with E-state index in [0.29, 0.717) is 5.56 Å².